The molecule has 0 saturated carbocycles. The van der Waals surface area contributed by atoms with E-state index in [-0.39, 0.29) is 5.78 Å². The molecule has 0 saturated heterocycles. The van der Waals surface area contributed by atoms with E-state index in [4.69, 9.17) is 4.74 Å². The highest BCUT2D eigenvalue weighted by molar-refractivity contribution is 6.00. The number of nitrogens with one attached hydrogen (secondary N) is 1. The second kappa shape index (κ2) is 7.78. The van der Waals surface area contributed by atoms with Gasteiger partial charge >= 0.3 is 6.09 Å². The van der Waals surface area contributed by atoms with E-state index in [0.29, 0.717) is 12.0 Å². The van der Waals surface area contributed by atoms with Gasteiger partial charge < -0.3 is 10.1 Å². The van der Waals surface area contributed by atoms with Crippen molar-refractivity contribution in [1.82, 2.24) is 5.32 Å². The first kappa shape index (κ1) is 18.0. The van der Waals surface area contributed by atoms with Gasteiger partial charge in [-0.15, -0.1) is 0 Å². The monoisotopic (exact) mass is 303 g/mol. The summed E-state index contributed by atoms with van der Waals surface area (Å²) in [5.74, 6) is -0.177. The Kier molecular flexibility index (Phi) is 6.35. The Morgan fingerprint density at radius 2 is 2.00 bits per heavy atom. The highest BCUT2D eigenvalue weighted by Crippen LogP contribution is 2.17. The zero-order chi connectivity index (χ0) is 16.8. The van der Waals surface area contributed by atoms with Crippen LogP contribution in [0.3, 0.4) is 0 Å². The molecule has 0 heterocycles. The molecule has 1 aliphatic rings. The molecule has 0 fully saturated rings. The Bertz CT molecular complexity index is 533. The van der Waals surface area contributed by atoms with Crippen LogP contribution in [0, 0.1) is 0 Å². The summed E-state index contributed by atoms with van der Waals surface area (Å²) in [6.07, 6.45) is 10.4. The summed E-state index contributed by atoms with van der Waals surface area (Å²) < 4.78 is 5.23. The van der Waals surface area contributed by atoms with Crippen molar-refractivity contribution in [3.05, 3.63) is 48.1 Å². The van der Waals surface area contributed by atoms with E-state index in [2.05, 4.69) is 11.9 Å². The number of carbonyl (C=O) groups is 2. The van der Waals surface area contributed by atoms with Gasteiger partial charge in [-0.2, -0.15) is 0 Å². The van der Waals surface area contributed by atoms with Crippen molar-refractivity contribution in [3.8, 4) is 0 Å². The standard InChI is InChI=1S/C18H25NO3/c1-13(2)16(20)15(19-17(21)22-18(3,4)5)12-14-10-8-6-7-9-11-14/h6-10,15H,1,11-12H2,2-5H3,(H,19,21)/t15-/m0/s1. The zero-order valence-corrected chi connectivity index (χ0v) is 13.8. The van der Waals surface area contributed by atoms with Gasteiger partial charge in [-0.3, -0.25) is 4.79 Å². The maximum atomic E-state index is 12.3. The molecular weight excluding hydrogens is 278 g/mol. The minimum Gasteiger partial charge on any atom is -0.444 e. The molecule has 0 spiro atoms. The van der Waals surface area contributed by atoms with E-state index in [1.54, 1.807) is 27.7 Å². The van der Waals surface area contributed by atoms with Crippen molar-refractivity contribution in [3.63, 3.8) is 0 Å². The van der Waals surface area contributed by atoms with Crippen molar-refractivity contribution >= 4 is 11.9 Å². The molecule has 4 heteroatoms. The van der Waals surface area contributed by atoms with E-state index >= 15 is 0 Å². The number of allylic oxidation sites excluding steroid dienone is 5. The zero-order valence-electron chi connectivity index (χ0n) is 13.8. The van der Waals surface area contributed by atoms with Gasteiger partial charge in [0.2, 0.25) is 0 Å². The van der Waals surface area contributed by atoms with Crippen molar-refractivity contribution < 1.29 is 14.3 Å². The Labute approximate surface area is 132 Å². The predicted octanol–water partition coefficient (Wildman–Crippen LogP) is 3.86. The molecule has 0 unspecified atom stereocenters. The van der Waals surface area contributed by atoms with E-state index in [9.17, 15) is 9.59 Å². The van der Waals surface area contributed by atoms with Crippen molar-refractivity contribution in [2.45, 2.75) is 52.2 Å². The van der Waals surface area contributed by atoms with Crippen LogP contribution in [0.4, 0.5) is 4.79 Å². The molecule has 4 nitrogen and oxygen atoms in total. The number of rotatable bonds is 5. The average Bonchev–Trinajstić information content (AvgIpc) is 2.63. The molecule has 1 atom stereocenters. The topological polar surface area (TPSA) is 55.4 Å². The molecule has 0 aromatic carbocycles. The van der Waals surface area contributed by atoms with Crippen LogP contribution in [-0.2, 0) is 9.53 Å². The lowest BCUT2D eigenvalue weighted by Crippen LogP contribution is -2.44. The molecule has 0 aromatic rings. The lowest BCUT2D eigenvalue weighted by atomic mass is 9.97. The van der Waals surface area contributed by atoms with Crippen LogP contribution in [0.1, 0.15) is 40.5 Å². The molecular formula is C18H25NO3. The lowest BCUT2D eigenvalue weighted by molar-refractivity contribution is -0.117. The third-order valence-electron chi connectivity index (χ3n) is 2.96. The largest absolute Gasteiger partial charge is 0.444 e. The number of hydrogen-bond donors (Lipinski definition) is 1. The van der Waals surface area contributed by atoms with Crippen LogP contribution >= 0.6 is 0 Å². The molecule has 0 radical (unpaired) electrons. The fourth-order valence-corrected chi connectivity index (χ4v) is 1.99. The van der Waals surface area contributed by atoms with Crippen LogP contribution in [0.25, 0.3) is 0 Å². The number of ether oxygens (including phenoxy) is 1. The number of amides is 1. The van der Waals surface area contributed by atoms with Crippen molar-refractivity contribution in [2.75, 3.05) is 0 Å². The molecule has 1 N–H and O–H groups in total. The normalized spacial score (nSPS) is 15.5. The van der Waals surface area contributed by atoms with Crippen molar-refractivity contribution in [2.24, 2.45) is 0 Å². The minimum absolute atomic E-state index is 0.177. The van der Waals surface area contributed by atoms with Crippen LogP contribution in [0.5, 0.6) is 0 Å². The summed E-state index contributed by atoms with van der Waals surface area (Å²) >= 11 is 0. The number of Topliss-reactive ketones (excluding diaryl/α,β-unsaturated/α-hetero) is 1. The summed E-state index contributed by atoms with van der Waals surface area (Å²) in [4.78, 5) is 24.2. The van der Waals surface area contributed by atoms with Gasteiger partial charge in [0.05, 0.1) is 6.04 Å². The van der Waals surface area contributed by atoms with Gasteiger partial charge in [-0.25, -0.2) is 4.79 Å². The average molecular weight is 303 g/mol. The van der Waals surface area contributed by atoms with E-state index in [1.165, 1.54) is 0 Å². The highest BCUT2D eigenvalue weighted by atomic mass is 16.6. The third kappa shape index (κ3) is 6.57. The molecule has 0 aliphatic heterocycles. The van der Waals surface area contributed by atoms with Gasteiger partial charge in [0.15, 0.2) is 5.78 Å². The van der Waals surface area contributed by atoms with Crippen LogP contribution in [0.2, 0.25) is 0 Å². The highest BCUT2D eigenvalue weighted by Gasteiger charge is 2.25. The summed E-state index contributed by atoms with van der Waals surface area (Å²) in [6.45, 7) is 10.7. The Balaban J connectivity index is 2.80. The third-order valence-corrected chi connectivity index (χ3v) is 2.96. The first-order valence-electron chi connectivity index (χ1n) is 7.39. The maximum absolute atomic E-state index is 12.3. The molecule has 0 aromatic heterocycles. The maximum Gasteiger partial charge on any atom is 0.408 e. The fraction of sp³-hybridized carbons (Fsp3) is 0.444. The molecule has 1 aliphatic carbocycles. The summed E-state index contributed by atoms with van der Waals surface area (Å²) in [5, 5.41) is 2.66. The summed E-state index contributed by atoms with van der Waals surface area (Å²) in [7, 11) is 0. The number of ketones is 1. The fourth-order valence-electron chi connectivity index (χ4n) is 1.99. The summed E-state index contributed by atoms with van der Waals surface area (Å²) in [5.41, 5.74) is 0.885. The van der Waals surface area contributed by atoms with Gasteiger partial charge in [0, 0.05) is 0 Å². The Hall–Kier alpha value is -2.10. The number of hydrogen-bond acceptors (Lipinski definition) is 3. The van der Waals surface area contributed by atoms with Crippen LogP contribution < -0.4 is 5.32 Å². The van der Waals surface area contributed by atoms with E-state index in [0.717, 1.165) is 12.0 Å². The van der Waals surface area contributed by atoms with Crippen LogP contribution in [-0.4, -0.2) is 23.5 Å². The summed E-state index contributed by atoms with van der Waals surface area (Å²) in [6, 6.07) is -0.654. The molecule has 0 bridgehead atoms. The quantitative estimate of drug-likeness (QED) is 0.785. The number of carbonyl (C=O) groups excluding carboxylic acids is 2. The second-order valence-corrected chi connectivity index (χ2v) is 6.39. The van der Waals surface area contributed by atoms with Gasteiger partial charge in [0.25, 0.3) is 0 Å². The smallest absolute Gasteiger partial charge is 0.408 e. The molecule has 120 valence electrons. The minimum atomic E-state index is -0.654. The Morgan fingerprint density at radius 1 is 1.32 bits per heavy atom. The predicted molar refractivity (Wildman–Crippen MR) is 88.6 cm³/mol. The Morgan fingerprint density at radius 3 is 2.59 bits per heavy atom. The van der Waals surface area contributed by atoms with Gasteiger partial charge in [0.1, 0.15) is 5.60 Å². The van der Waals surface area contributed by atoms with Gasteiger partial charge in [-0.05, 0) is 46.1 Å². The van der Waals surface area contributed by atoms with Crippen molar-refractivity contribution in [1.29, 1.82) is 0 Å². The molecule has 1 amide bonds. The second-order valence-electron chi connectivity index (χ2n) is 6.39. The SMILES string of the molecule is C=C(C)C(=O)[C@H](CC1=CC=CC=CC1)NC(=O)OC(C)(C)C. The molecule has 1 rings (SSSR count). The first-order valence-corrected chi connectivity index (χ1v) is 7.39. The van der Waals surface area contributed by atoms with E-state index in [1.807, 2.05) is 30.4 Å². The lowest BCUT2D eigenvalue weighted by Gasteiger charge is -2.23. The van der Waals surface area contributed by atoms with Gasteiger partial charge in [-0.1, -0.05) is 42.5 Å². The first-order chi connectivity index (χ1) is 10.2. The van der Waals surface area contributed by atoms with E-state index < -0.39 is 17.7 Å². The molecule has 22 heavy (non-hydrogen) atoms. The van der Waals surface area contributed by atoms with Crippen LogP contribution in [0.15, 0.2) is 48.1 Å². The number of alkyl carbamates (subject to hydrolysis) is 1.